The summed E-state index contributed by atoms with van der Waals surface area (Å²) in [7, 11) is -0.479. The molecule has 8 nitrogen and oxygen atoms in total. The van der Waals surface area contributed by atoms with Crippen LogP contribution in [0.3, 0.4) is 0 Å². The number of hydrogen-bond acceptors (Lipinski definition) is 5. The summed E-state index contributed by atoms with van der Waals surface area (Å²) < 4.78 is 27.6. The minimum absolute atomic E-state index is 0.111. The summed E-state index contributed by atoms with van der Waals surface area (Å²) in [5, 5.41) is 6.88. The monoisotopic (exact) mass is 363 g/mol. The minimum Gasteiger partial charge on any atom is -0.345 e. The molecule has 0 aliphatic carbocycles. The van der Waals surface area contributed by atoms with Gasteiger partial charge in [-0.05, 0) is 38.0 Å². The van der Waals surface area contributed by atoms with Gasteiger partial charge in [0.15, 0.2) is 5.82 Å². The SMILES string of the molecule is Cc1nc([C@H]2CCCN2S(=O)(=O)c2cccc(C(=O)N(C)C)c2)n[nH]1. The summed E-state index contributed by atoms with van der Waals surface area (Å²) in [5.74, 6) is 0.900. The molecule has 9 heteroatoms. The van der Waals surface area contributed by atoms with Gasteiger partial charge in [0.25, 0.3) is 5.91 Å². The zero-order valence-corrected chi connectivity index (χ0v) is 15.2. The van der Waals surface area contributed by atoms with E-state index < -0.39 is 10.0 Å². The van der Waals surface area contributed by atoms with Crippen LogP contribution in [-0.2, 0) is 10.0 Å². The first kappa shape index (κ1) is 17.6. The molecule has 1 aliphatic rings. The highest BCUT2D eigenvalue weighted by Gasteiger charge is 2.38. The van der Waals surface area contributed by atoms with E-state index in [1.807, 2.05) is 0 Å². The van der Waals surface area contributed by atoms with E-state index in [2.05, 4.69) is 15.2 Å². The number of hydrogen-bond donors (Lipinski definition) is 1. The van der Waals surface area contributed by atoms with Crippen LogP contribution < -0.4 is 0 Å². The highest BCUT2D eigenvalue weighted by atomic mass is 32.2. The van der Waals surface area contributed by atoms with Gasteiger partial charge in [-0.3, -0.25) is 9.89 Å². The molecule has 1 atom stereocenters. The second-order valence-corrected chi connectivity index (χ2v) is 8.17. The number of H-pyrrole nitrogens is 1. The fourth-order valence-corrected chi connectivity index (χ4v) is 4.68. The number of rotatable bonds is 4. The third-order valence-electron chi connectivity index (χ3n) is 4.21. The summed E-state index contributed by atoms with van der Waals surface area (Å²) in [5.41, 5.74) is 0.343. The number of carbonyl (C=O) groups excluding carboxylic acids is 1. The van der Waals surface area contributed by atoms with Gasteiger partial charge in [0.2, 0.25) is 10.0 Å². The van der Waals surface area contributed by atoms with Crippen LogP contribution in [0.15, 0.2) is 29.2 Å². The van der Waals surface area contributed by atoms with Crippen LogP contribution in [-0.4, -0.2) is 59.4 Å². The van der Waals surface area contributed by atoms with Gasteiger partial charge < -0.3 is 4.90 Å². The molecule has 25 heavy (non-hydrogen) atoms. The zero-order chi connectivity index (χ0) is 18.2. The summed E-state index contributed by atoms with van der Waals surface area (Å²) in [6, 6.07) is 5.76. The lowest BCUT2D eigenvalue weighted by atomic mass is 10.2. The van der Waals surface area contributed by atoms with E-state index in [0.29, 0.717) is 30.2 Å². The van der Waals surface area contributed by atoms with E-state index in [9.17, 15) is 13.2 Å². The predicted molar refractivity (Wildman–Crippen MR) is 91.4 cm³/mol. The Morgan fingerprint density at radius 2 is 2.12 bits per heavy atom. The van der Waals surface area contributed by atoms with Crippen LogP contribution in [0.25, 0.3) is 0 Å². The number of aryl methyl sites for hydroxylation is 1. The molecular formula is C16H21N5O3S. The average Bonchev–Trinajstić information content (AvgIpc) is 3.23. The number of nitrogens with zero attached hydrogens (tertiary/aromatic N) is 4. The Hall–Kier alpha value is -2.26. The second-order valence-electron chi connectivity index (χ2n) is 6.28. The molecular weight excluding hydrogens is 342 g/mol. The number of aromatic nitrogens is 3. The zero-order valence-electron chi connectivity index (χ0n) is 14.4. The van der Waals surface area contributed by atoms with Crippen LogP contribution in [0.5, 0.6) is 0 Å². The first-order valence-electron chi connectivity index (χ1n) is 8.03. The number of amides is 1. The van der Waals surface area contributed by atoms with Gasteiger partial charge in [-0.15, -0.1) is 0 Å². The Bertz CT molecular complexity index is 891. The van der Waals surface area contributed by atoms with Crippen molar-refractivity contribution < 1.29 is 13.2 Å². The van der Waals surface area contributed by atoms with E-state index in [1.165, 1.54) is 21.3 Å². The summed E-state index contributed by atoms with van der Waals surface area (Å²) in [6.07, 6.45) is 1.42. The molecule has 0 bridgehead atoms. The van der Waals surface area contributed by atoms with Crippen molar-refractivity contribution in [3.8, 4) is 0 Å². The van der Waals surface area contributed by atoms with Gasteiger partial charge in [0.1, 0.15) is 5.82 Å². The maximum atomic E-state index is 13.1. The van der Waals surface area contributed by atoms with Crippen molar-refractivity contribution in [1.29, 1.82) is 0 Å². The van der Waals surface area contributed by atoms with Gasteiger partial charge in [-0.1, -0.05) is 6.07 Å². The maximum absolute atomic E-state index is 13.1. The standard InChI is InChI=1S/C16H21N5O3S/c1-11-17-15(19-18-11)14-8-5-9-21(14)25(23,24)13-7-4-6-12(10-13)16(22)20(2)3/h4,6-7,10,14H,5,8-9H2,1-3H3,(H,17,18,19)/t14-/m1/s1. The Morgan fingerprint density at radius 3 is 2.76 bits per heavy atom. The van der Waals surface area contributed by atoms with Gasteiger partial charge in [0, 0.05) is 26.2 Å². The molecule has 1 amide bonds. The molecule has 1 aromatic heterocycles. The highest BCUT2D eigenvalue weighted by Crippen LogP contribution is 2.35. The highest BCUT2D eigenvalue weighted by molar-refractivity contribution is 7.89. The predicted octanol–water partition coefficient (Wildman–Crippen LogP) is 1.34. The normalized spacial score (nSPS) is 18.4. The summed E-state index contributed by atoms with van der Waals surface area (Å²) in [6.45, 7) is 2.19. The molecule has 1 fully saturated rings. The molecule has 1 aliphatic heterocycles. The average molecular weight is 363 g/mol. The van der Waals surface area contributed by atoms with Crippen molar-refractivity contribution >= 4 is 15.9 Å². The topological polar surface area (TPSA) is 99.3 Å². The fraction of sp³-hybridized carbons (Fsp3) is 0.438. The van der Waals surface area contributed by atoms with Crippen molar-refractivity contribution in [2.24, 2.45) is 0 Å². The molecule has 0 spiro atoms. The molecule has 0 radical (unpaired) electrons. The van der Waals surface area contributed by atoms with Gasteiger partial charge in [-0.2, -0.15) is 9.40 Å². The first-order valence-corrected chi connectivity index (χ1v) is 9.47. The number of benzene rings is 1. The Balaban J connectivity index is 1.96. The minimum atomic E-state index is -3.74. The molecule has 134 valence electrons. The van der Waals surface area contributed by atoms with Gasteiger partial charge in [-0.25, -0.2) is 13.4 Å². The van der Waals surface area contributed by atoms with Crippen LogP contribution >= 0.6 is 0 Å². The Morgan fingerprint density at radius 1 is 1.36 bits per heavy atom. The maximum Gasteiger partial charge on any atom is 0.253 e. The van der Waals surface area contributed by atoms with E-state index in [1.54, 1.807) is 33.2 Å². The first-order chi connectivity index (χ1) is 11.8. The third-order valence-corrected chi connectivity index (χ3v) is 6.11. The van der Waals surface area contributed by atoms with E-state index in [0.717, 1.165) is 6.42 Å². The molecule has 2 aromatic rings. The quantitative estimate of drug-likeness (QED) is 0.884. The molecule has 0 unspecified atom stereocenters. The number of sulfonamides is 1. The molecule has 1 N–H and O–H groups in total. The van der Waals surface area contributed by atoms with Crippen molar-refractivity contribution in [1.82, 2.24) is 24.4 Å². The van der Waals surface area contributed by atoms with Crippen molar-refractivity contribution in [2.45, 2.75) is 30.7 Å². The number of carbonyl (C=O) groups is 1. The van der Waals surface area contributed by atoms with Crippen molar-refractivity contribution in [3.05, 3.63) is 41.5 Å². The van der Waals surface area contributed by atoms with E-state index >= 15 is 0 Å². The molecule has 1 aromatic carbocycles. The van der Waals surface area contributed by atoms with Crippen LogP contribution in [0, 0.1) is 6.92 Å². The third kappa shape index (κ3) is 3.29. The number of aromatic amines is 1. The van der Waals surface area contributed by atoms with Gasteiger partial charge in [0.05, 0.1) is 10.9 Å². The largest absolute Gasteiger partial charge is 0.345 e. The number of nitrogens with one attached hydrogen (secondary N) is 1. The lowest BCUT2D eigenvalue weighted by Gasteiger charge is -2.22. The molecule has 2 heterocycles. The van der Waals surface area contributed by atoms with Crippen LogP contribution in [0.4, 0.5) is 0 Å². The summed E-state index contributed by atoms with van der Waals surface area (Å²) in [4.78, 5) is 17.9. The Labute approximate surface area is 146 Å². The van der Waals surface area contributed by atoms with Crippen LogP contribution in [0.1, 0.15) is 40.9 Å². The molecule has 3 rings (SSSR count). The lowest BCUT2D eigenvalue weighted by Crippen LogP contribution is -2.31. The van der Waals surface area contributed by atoms with E-state index in [-0.39, 0.29) is 16.8 Å². The van der Waals surface area contributed by atoms with Crippen molar-refractivity contribution in [3.63, 3.8) is 0 Å². The molecule has 0 saturated carbocycles. The molecule has 1 saturated heterocycles. The smallest absolute Gasteiger partial charge is 0.253 e. The lowest BCUT2D eigenvalue weighted by molar-refractivity contribution is 0.0827. The second kappa shape index (κ2) is 6.57. The Kier molecular flexibility index (Phi) is 4.61. The van der Waals surface area contributed by atoms with Crippen molar-refractivity contribution in [2.75, 3.05) is 20.6 Å². The fourth-order valence-electron chi connectivity index (χ4n) is 2.98. The van der Waals surface area contributed by atoms with E-state index in [4.69, 9.17) is 0 Å². The van der Waals surface area contributed by atoms with Crippen LogP contribution in [0.2, 0.25) is 0 Å². The van der Waals surface area contributed by atoms with Gasteiger partial charge >= 0.3 is 0 Å². The summed E-state index contributed by atoms with van der Waals surface area (Å²) >= 11 is 0.